The normalized spacial score (nSPS) is 12.3. The van der Waals surface area contributed by atoms with Crippen LogP contribution in [0, 0.1) is 3.57 Å². The fraction of sp³-hybridized carbons (Fsp3) is 0.0476. The number of ether oxygens (including phenoxy) is 2. The number of amides is 1. The molecule has 4 aromatic rings. The number of benzene rings is 3. The highest BCUT2D eigenvalue weighted by Crippen LogP contribution is 2.34. The maximum Gasteiger partial charge on any atom is 0.255 e. The molecular weight excluding hydrogens is 507 g/mol. The van der Waals surface area contributed by atoms with Crippen molar-refractivity contribution in [2.24, 2.45) is 0 Å². The summed E-state index contributed by atoms with van der Waals surface area (Å²) in [4.78, 5) is 17.1. The van der Waals surface area contributed by atoms with Gasteiger partial charge in [-0.05, 0) is 77.2 Å². The van der Waals surface area contributed by atoms with Gasteiger partial charge in [0.05, 0.1) is 10.6 Å². The van der Waals surface area contributed by atoms with Crippen LogP contribution in [0.25, 0.3) is 22.6 Å². The van der Waals surface area contributed by atoms with Crippen molar-refractivity contribution < 1.29 is 18.7 Å². The molecule has 0 atom stereocenters. The van der Waals surface area contributed by atoms with Gasteiger partial charge in [0.1, 0.15) is 5.52 Å². The molecule has 0 unspecified atom stereocenters. The van der Waals surface area contributed by atoms with E-state index in [9.17, 15) is 4.79 Å². The van der Waals surface area contributed by atoms with Crippen molar-refractivity contribution in [1.29, 1.82) is 0 Å². The Balaban J connectivity index is 1.43. The summed E-state index contributed by atoms with van der Waals surface area (Å²) in [5.41, 5.74) is 3.03. The fourth-order valence-electron chi connectivity index (χ4n) is 3.02. The molecule has 0 spiro atoms. The topological polar surface area (TPSA) is 73.6 Å². The van der Waals surface area contributed by atoms with E-state index in [4.69, 9.17) is 25.5 Å². The first kappa shape index (κ1) is 18.3. The second-order valence-electron chi connectivity index (χ2n) is 6.35. The van der Waals surface area contributed by atoms with Crippen LogP contribution in [0.1, 0.15) is 10.4 Å². The van der Waals surface area contributed by atoms with Crippen molar-refractivity contribution in [3.05, 3.63) is 68.8 Å². The van der Waals surface area contributed by atoms with Crippen LogP contribution in [0.5, 0.6) is 11.5 Å². The van der Waals surface area contributed by atoms with E-state index in [0.29, 0.717) is 44.8 Å². The lowest BCUT2D eigenvalue weighted by Gasteiger charge is -2.05. The number of halogens is 2. The van der Waals surface area contributed by atoms with E-state index < -0.39 is 0 Å². The van der Waals surface area contributed by atoms with E-state index in [-0.39, 0.29) is 12.7 Å². The quantitative estimate of drug-likeness (QED) is 0.351. The van der Waals surface area contributed by atoms with Crippen molar-refractivity contribution in [3.63, 3.8) is 0 Å². The molecule has 2 heterocycles. The van der Waals surface area contributed by atoms with Gasteiger partial charge >= 0.3 is 0 Å². The van der Waals surface area contributed by atoms with Crippen molar-refractivity contribution in [1.82, 2.24) is 4.98 Å². The summed E-state index contributed by atoms with van der Waals surface area (Å²) < 4.78 is 17.5. The van der Waals surface area contributed by atoms with Crippen molar-refractivity contribution in [3.8, 4) is 23.0 Å². The molecule has 1 aliphatic rings. The first-order chi connectivity index (χ1) is 14.1. The number of hydrogen-bond donors (Lipinski definition) is 1. The van der Waals surface area contributed by atoms with Gasteiger partial charge in [0.2, 0.25) is 12.7 Å². The van der Waals surface area contributed by atoms with E-state index >= 15 is 0 Å². The SMILES string of the molecule is O=C(Nc1ccc2oc(-c3cc(I)ccc3Cl)nc2c1)c1ccc2c(c1)OCO2. The molecule has 0 fully saturated rings. The third-order valence-electron chi connectivity index (χ3n) is 4.44. The molecule has 8 heteroatoms. The maximum absolute atomic E-state index is 12.6. The first-order valence-corrected chi connectivity index (χ1v) is 10.1. The van der Waals surface area contributed by atoms with Gasteiger partial charge in [-0.25, -0.2) is 4.98 Å². The number of anilines is 1. The Labute approximate surface area is 183 Å². The number of nitrogens with one attached hydrogen (secondary N) is 1. The van der Waals surface area contributed by atoms with Crippen LogP contribution in [0.2, 0.25) is 5.02 Å². The number of carbonyl (C=O) groups is 1. The zero-order chi connectivity index (χ0) is 20.0. The van der Waals surface area contributed by atoms with Gasteiger partial charge < -0.3 is 19.2 Å². The van der Waals surface area contributed by atoms with Gasteiger partial charge in [-0.3, -0.25) is 4.79 Å². The number of rotatable bonds is 3. The van der Waals surface area contributed by atoms with Crippen molar-refractivity contribution in [2.75, 3.05) is 12.1 Å². The predicted molar refractivity (Wildman–Crippen MR) is 118 cm³/mol. The predicted octanol–water partition coefficient (Wildman–Crippen LogP) is 5.73. The van der Waals surface area contributed by atoms with Gasteiger partial charge in [-0.2, -0.15) is 0 Å². The molecule has 0 aliphatic carbocycles. The molecule has 144 valence electrons. The number of hydrogen-bond acceptors (Lipinski definition) is 5. The summed E-state index contributed by atoms with van der Waals surface area (Å²) in [5, 5.41) is 3.43. The number of fused-ring (bicyclic) bond motifs is 2. The summed E-state index contributed by atoms with van der Waals surface area (Å²) in [7, 11) is 0. The Kier molecular flexibility index (Phi) is 4.56. The molecule has 0 saturated heterocycles. The molecular formula is C21H12ClIN2O4. The highest BCUT2D eigenvalue weighted by atomic mass is 127. The standard InChI is InChI=1S/C21H12ClIN2O4/c22-15-4-2-12(23)8-14(15)21-25-16-9-13(3-6-17(16)29-21)24-20(26)11-1-5-18-19(7-11)28-10-27-18/h1-9H,10H2,(H,24,26). The molecule has 5 rings (SSSR count). The molecule has 1 N–H and O–H groups in total. The van der Waals surface area contributed by atoms with E-state index in [1.165, 1.54) is 0 Å². The molecule has 0 radical (unpaired) electrons. The van der Waals surface area contributed by atoms with Gasteiger partial charge in [-0.15, -0.1) is 0 Å². The second-order valence-corrected chi connectivity index (χ2v) is 8.00. The van der Waals surface area contributed by atoms with Crippen LogP contribution < -0.4 is 14.8 Å². The smallest absolute Gasteiger partial charge is 0.255 e. The second kappa shape index (κ2) is 7.23. The summed E-state index contributed by atoms with van der Waals surface area (Å²) >= 11 is 8.50. The van der Waals surface area contributed by atoms with Crippen LogP contribution in [-0.2, 0) is 0 Å². The third-order valence-corrected chi connectivity index (χ3v) is 5.44. The molecule has 0 saturated carbocycles. The first-order valence-electron chi connectivity index (χ1n) is 8.64. The van der Waals surface area contributed by atoms with Crippen LogP contribution in [0.15, 0.2) is 59.0 Å². The Morgan fingerprint density at radius 1 is 1.03 bits per heavy atom. The van der Waals surface area contributed by atoms with Gasteiger partial charge in [-0.1, -0.05) is 11.6 Å². The van der Waals surface area contributed by atoms with Crippen LogP contribution >= 0.6 is 34.2 Å². The summed E-state index contributed by atoms with van der Waals surface area (Å²) in [6.07, 6.45) is 0. The Hall–Kier alpha value is -2.78. The lowest BCUT2D eigenvalue weighted by Crippen LogP contribution is -2.11. The van der Waals surface area contributed by atoms with Crippen molar-refractivity contribution >= 4 is 56.9 Å². The lowest BCUT2D eigenvalue weighted by atomic mass is 10.2. The van der Waals surface area contributed by atoms with E-state index in [2.05, 4.69) is 32.9 Å². The summed E-state index contributed by atoms with van der Waals surface area (Å²) in [5.74, 6) is 1.37. The van der Waals surface area contributed by atoms with Gasteiger partial charge in [0.15, 0.2) is 17.1 Å². The minimum Gasteiger partial charge on any atom is -0.454 e. The lowest BCUT2D eigenvalue weighted by molar-refractivity contribution is 0.102. The molecule has 1 amide bonds. The Bertz CT molecular complexity index is 1270. The van der Waals surface area contributed by atoms with Gasteiger partial charge in [0, 0.05) is 14.8 Å². The van der Waals surface area contributed by atoms with Crippen LogP contribution in [-0.4, -0.2) is 17.7 Å². The molecule has 6 nitrogen and oxygen atoms in total. The number of aromatic nitrogens is 1. The minimum absolute atomic E-state index is 0.163. The zero-order valence-corrected chi connectivity index (χ0v) is 17.7. The van der Waals surface area contributed by atoms with E-state index in [1.54, 1.807) is 36.4 Å². The van der Waals surface area contributed by atoms with Crippen LogP contribution in [0.4, 0.5) is 5.69 Å². The number of oxazole rings is 1. The molecule has 0 bridgehead atoms. The Morgan fingerprint density at radius 3 is 2.79 bits per heavy atom. The average Bonchev–Trinajstić information content (AvgIpc) is 3.35. The van der Waals surface area contributed by atoms with E-state index in [1.807, 2.05) is 18.2 Å². The number of nitrogens with zero attached hydrogens (tertiary/aromatic N) is 1. The largest absolute Gasteiger partial charge is 0.454 e. The molecule has 3 aromatic carbocycles. The van der Waals surface area contributed by atoms with Crippen LogP contribution in [0.3, 0.4) is 0 Å². The Morgan fingerprint density at radius 2 is 1.90 bits per heavy atom. The highest BCUT2D eigenvalue weighted by molar-refractivity contribution is 14.1. The third kappa shape index (κ3) is 3.51. The maximum atomic E-state index is 12.6. The molecule has 1 aliphatic heterocycles. The molecule has 1 aromatic heterocycles. The molecule has 29 heavy (non-hydrogen) atoms. The summed E-state index contributed by atoms with van der Waals surface area (Å²) in [6, 6.07) is 16.0. The minimum atomic E-state index is -0.257. The van der Waals surface area contributed by atoms with E-state index in [0.717, 1.165) is 9.13 Å². The zero-order valence-electron chi connectivity index (χ0n) is 14.7. The van der Waals surface area contributed by atoms with Crippen molar-refractivity contribution in [2.45, 2.75) is 0 Å². The average molecular weight is 519 g/mol. The van der Waals surface area contributed by atoms with Gasteiger partial charge in [0.25, 0.3) is 5.91 Å². The highest BCUT2D eigenvalue weighted by Gasteiger charge is 2.17. The summed E-state index contributed by atoms with van der Waals surface area (Å²) in [6.45, 7) is 0.163. The monoisotopic (exact) mass is 518 g/mol. The number of carbonyl (C=O) groups excluding carboxylic acids is 1. The fourth-order valence-corrected chi connectivity index (χ4v) is 3.71.